The van der Waals surface area contributed by atoms with Crippen LogP contribution in [0.25, 0.3) is 0 Å². The van der Waals surface area contributed by atoms with Gasteiger partial charge in [-0.05, 0) is 37.9 Å². The fraction of sp³-hybridized carbons (Fsp3) is 0.667. The van der Waals surface area contributed by atoms with E-state index in [1.165, 1.54) is 0 Å². The van der Waals surface area contributed by atoms with Crippen LogP contribution in [0.1, 0.15) is 26.2 Å². The van der Waals surface area contributed by atoms with Gasteiger partial charge in [-0.3, -0.25) is 4.90 Å². The van der Waals surface area contributed by atoms with Gasteiger partial charge in [0.1, 0.15) is 5.82 Å². The van der Waals surface area contributed by atoms with E-state index in [0.717, 1.165) is 57.8 Å². The summed E-state index contributed by atoms with van der Waals surface area (Å²) < 4.78 is 0. The van der Waals surface area contributed by atoms with Gasteiger partial charge in [0.25, 0.3) is 0 Å². The molecule has 19 heavy (non-hydrogen) atoms. The highest BCUT2D eigenvalue weighted by molar-refractivity contribution is 5.38. The van der Waals surface area contributed by atoms with Gasteiger partial charge >= 0.3 is 0 Å². The van der Waals surface area contributed by atoms with Gasteiger partial charge in [-0.15, -0.1) is 0 Å². The summed E-state index contributed by atoms with van der Waals surface area (Å²) in [6.07, 6.45) is 4.63. The third kappa shape index (κ3) is 4.48. The van der Waals surface area contributed by atoms with E-state index in [-0.39, 0.29) is 6.10 Å². The molecule has 1 aliphatic rings. The lowest BCUT2D eigenvalue weighted by Gasteiger charge is -2.35. The molecular weight excluding hydrogens is 238 g/mol. The summed E-state index contributed by atoms with van der Waals surface area (Å²) in [6.45, 7) is 7.43. The van der Waals surface area contributed by atoms with Crippen LogP contribution in [0.4, 0.5) is 5.82 Å². The summed E-state index contributed by atoms with van der Waals surface area (Å²) in [6, 6.07) is 6.08. The van der Waals surface area contributed by atoms with Gasteiger partial charge < -0.3 is 10.0 Å². The Balaban J connectivity index is 1.68. The number of hydrogen-bond acceptors (Lipinski definition) is 4. The lowest BCUT2D eigenvalue weighted by molar-refractivity contribution is 0.148. The van der Waals surface area contributed by atoms with Crippen LogP contribution in [0.3, 0.4) is 0 Å². The molecule has 4 nitrogen and oxygen atoms in total. The predicted octanol–water partition coefficient (Wildman–Crippen LogP) is 1.75. The number of hydrogen-bond donors (Lipinski definition) is 1. The van der Waals surface area contributed by atoms with Crippen molar-refractivity contribution in [2.75, 3.05) is 37.6 Å². The van der Waals surface area contributed by atoms with Crippen molar-refractivity contribution >= 4 is 5.82 Å². The predicted molar refractivity (Wildman–Crippen MR) is 78.4 cm³/mol. The number of rotatable bonds is 6. The van der Waals surface area contributed by atoms with Crippen molar-refractivity contribution in [3.63, 3.8) is 0 Å². The van der Waals surface area contributed by atoms with Crippen molar-refractivity contribution in [2.45, 2.75) is 32.3 Å². The van der Waals surface area contributed by atoms with Crippen LogP contribution >= 0.6 is 0 Å². The number of anilines is 1. The van der Waals surface area contributed by atoms with Crippen LogP contribution in [-0.2, 0) is 0 Å². The molecule has 1 unspecified atom stereocenters. The topological polar surface area (TPSA) is 39.6 Å². The van der Waals surface area contributed by atoms with Gasteiger partial charge in [0, 0.05) is 32.4 Å². The summed E-state index contributed by atoms with van der Waals surface area (Å²) in [5.41, 5.74) is 0. The summed E-state index contributed by atoms with van der Waals surface area (Å²) >= 11 is 0. The molecule has 1 aromatic rings. The minimum Gasteiger partial charge on any atom is -0.393 e. The third-order valence-corrected chi connectivity index (χ3v) is 3.83. The summed E-state index contributed by atoms with van der Waals surface area (Å²) in [7, 11) is 0. The molecule has 0 spiro atoms. The third-order valence-electron chi connectivity index (χ3n) is 3.83. The number of pyridine rings is 1. The highest BCUT2D eigenvalue weighted by atomic mass is 16.3. The smallest absolute Gasteiger partial charge is 0.128 e. The molecule has 106 valence electrons. The van der Waals surface area contributed by atoms with Crippen molar-refractivity contribution in [2.24, 2.45) is 0 Å². The monoisotopic (exact) mass is 263 g/mol. The molecule has 0 saturated carbocycles. The molecular formula is C15H25N3O. The SMILES string of the molecule is CCC(O)CCCN1CCN(c2ccccn2)CC1. The molecule has 0 amide bonds. The summed E-state index contributed by atoms with van der Waals surface area (Å²) in [5.74, 6) is 1.09. The Hall–Kier alpha value is -1.13. The highest BCUT2D eigenvalue weighted by Crippen LogP contribution is 2.13. The second-order valence-electron chi connectivity index (χ2n) is 5.22. The Morgan fingerprint density at radius 1 is 1.26 bits per heavy atom. The van der Waals surface area contributed by atoms with Gasteiger partial charge in [-0.1, -0.05) is 13.0 Å². The Morgan fingerprint density at radius 2 is 2.05 bits per heavy atom. The molecule has 1 N–H and O–H groups in total. The molecule has 1 aromatic heterocycles. The van der Waals surface area contributed by atoms with Crippen molar-refractivity contribution in [3.05, 3.63) is 24.4 Å². The lowest BCUT2D eigenvalue weighted by Crippen LogP contribution is -2.47. The maximum Gasteiger partial charge on any atom is 0.128 e. The van der Waals surface area contributed by atoms with Crippen LogP contribution in [0.2, 0.25) is 0 Å². The first-order chi connectivity index (χ1) is 9.29. The highest BCUT2D eigenvalue weighted by Gasteiger charge is 2.17. The van der Waals surface area contributed by atoms with E-state index in [1.807, 2.05) is 25.3 Å². The van der Waals surface area contributed by atoms with E-state index < -0.39 is 0 Å². The molecule has 0 aliphatic carbocycles. The number of aromatic nitrogens is 1. The first-order valence-corrected chi connectivity index (χ1v) is 7.36. The molecule has 4 heteroatoms. The Kier molecular flexibility index (Phi) is 5.61. The second-order valence-corrected chi connectivity index (χ2v) is 5.22. The van der Waals surface area contributed by atoms with Crippen LogP contribution in [-0.4, -0.2) is 53.8 Å². The van der Waals surface area contributed by atoms with Crippen molar-refractivity contribution in [3.8, 4) is 0 Å². The molecule has 0 aromatic carbocycles. The van der Waals surface area contributed by atoms with E-state index in [2.05, 4.69) is 20.9 Å². The standard InChI is InChI=1S/C15H25N3O/c1-2-14(19)6-5-9-17-10-12-18(13-11-17)15-7-3-4-8-16-15/h3-4,7-8,14,19H,2,5-6,9-13H2,1H3. The van der Waals surface area contributed by atoms with Crippen LogP contribution in [0, 0.1) is 0 Å². The first kappa shape index (κ1) is 14.3. The molecule has 1 fully saturated rings. The quantitative estimate of drug-likeness (QED) is 0.849. The average Bonchev–Trinajstić information content (AvgIpc) is 2.48. The molecule has 1 atom stereocenters. The number of piperazine rings is 1. The van der Waals surface area contributed by atoms with E-state index in [0.29, 0.717) is 0 Å². The normalized spacial score (nSPS) is 18.5. The Bertz CT molecular complexity index is 350. The van der Waals surface area contributed by atoms with Gasteiger partial charge in [0.15, 0.2) is 0 Å². The zero-order valence-corrected chi connectivity index (χ0v) is 11.8. The average molecular weight is 263 g/mol. The molecule has 1 aliphatic heterocycles. The van der Waals surface area contributed by atoms with Crippen LogP contribution in [0.5, 0.6) is 0 Å². The van der Waals surface area contributed by atoms with E-state index in [9.17, 15) is 5.11 Å². The minimum absolute atomic E-state index is 0.116. The fourth-order valence-electron chi connectivity index (χ4n) is 2.50. The Morgan fingerprint density at radius 3 is 2.68 bits per heavy atom. The molecule has 0 bridgehead atoms. The van der Waals surface area contributed by atoms with Crippen molar-refractivity contribution < 1.29 is 5.11 Å². The maximum atomic E-state index is 9.54. The largest absolute Gasteiger partial charge is 0.393 e. The van der Waals surface area contributed by atoms with Crippen molar-refractivity contribution in [1.29, 1.82) is 0 Å². The number of nitrogens with zero attached hydrogens (tertiary/aromatic N) is 3. The number of aliphatic hydroxyl groups is 1. The van der Waals surface area contributed by atoms with Gasteiger partial charge in [-0.25, -0.2) is 4.98 Å². The van der Waals surface area contributed by atoms with E-state index >= 15 is 0 Å². The van der Waals surface area contributed by atoms with Gasteiger partial charge in [0.05, 0.1) is 6.10 Å². The van der Waals surface area contributed by atoms with E-state index in [4.69, 9.17) is 0 Å². The van der Waals surface area contributed by atoms with Gasteiger partial charge in [0.2, 0.25) is 0 Å². The molecule has 0 radical (unpaired) electrons. The fourth-order valence-corrected chi connectivity index (χ4v) is 2.50. The molecule has 1 saturated heterocycles. The zero-order chi connectivity index (χ0) is 13.5. The molecule has 2 rings (SSSR count). The summed E-state index contributed by atoms with van der Waals surface area (Å²) in [4.78, 5) is 9.23. The first-order valence-electron chi connectivity index (χ1n) is 7.36. The maximum absolute atomic E-state index is 9.54. The zero-order valence-electron chi connectivity index (χ0n) is 11.8. The van der Waals surface area contributed by atoms with E-state index in [1.54, 1.807) is 0 Å². The lowest BCUT2D eigenvalue weighted by atomic mass is 10.1. The Labute approximate surface area is 116 Å². The van der Waals surface area contributed by atoms with Crippen LogP contribution < -0.4 is 4.90 Å². The summed E-state index contributed by atoms with van der Waals surface area (Å²) in [5, 5.41) is 9.54. The van der Waals surface area contributed by atoms with Gasteiger partial charge in [-0.2, -0.15) is 0 Å². The van der Waals surface area contributed by atoms with Crippen molar-refractivity contribution in [1.82, 2.24) is 9.88 Å². The van der Waals surface area contributed by atoms with Crippen LogP contribution in [0.15, 0.2) is 24.4 Å². The second kappa shape index (κ2) is 7.46. The number of aliphatic hydroxyl groups excluding tert-OH is 1. The molecule has 2 heterocycles. The minimum atomic E-state index is -0.116.